The summed E-state index contributed by atoms with van der Waals surface area (Å²) in [5.41, 5.74) is 1.98. The van der Waals surface area contributed by atoms with Crippen LogP contribution >= 0.6 is 0 Å². The quantitative estimate of drug-likeness (QED) is 0.681. The molecule has 5 heteroatoms. The lowest BCUT2D eigenvalue weighted by Crippen LogP contribution is -2.43. The molecule has 2 bridgehead atoms. The molecule has 2 unspecified atom stereocenters. The zero-order valence-electron chi connectivity index (χ0n) is 10.0. The highest BCUT2D eigenvalue weighted by Crippen LogP contribution is 2.43. The second kappa shape index (κ2) is 3.04. The van der Waals surface area contributed by atoms with Crippen molar-refractivity contribution in [2.75, 3.05) is 0 Å². The van der Waals surface area contributed by atoms with E-state index < -0.39 is 0 Å². The zero-order chi connectivity index (χ0) is 12.4. The second-order valence-corrected chi connectivity index (χ2v) is 5.05. The molecule has 0 amide bonds. The molecule has 3 heterocycles. The van der Waals surface area contributed by atoms with E-state index in [9.17, 15) is 9.59 Å². The van der Waals surface area contributed by atoms with Crippen LogP contribution in [0.3, 0.4) is 0 Å². The van der Waals surface area contributed by atoms with Gasteiger partial charge in [-0.05, 0) is 24.0 Å². The Morgan fingerprint density at radius 1 is 0.944 bits per heavy atom. The van der Waals surface area contributed by atoms with Crippen LogP contribution in [0.15, 0.2) is 33.9 Å². The van der Waals surface area contributed by atoms with Crippen LogP contribution in [0.25, 0.3) is 0 Å². The van der Waals surface area contributed by atoms with Gasteiger partial charge in [-0.25, -0.2) is 23.5 Å². The van der Waals surface area contributed by atoms with Gasteiger partial charge in [-0.1, -0.05) is 24.3 Å². The maximum atomic E-state index is 12.1. The van der Waals surface area contributed by atoms with Crippen molar-refractivity contribution in [3.05, 3.63) is 56.4 Å². The summed E-state index contributed by atoms with van der Waals surface area (Å²) in [4.78, 5) is 24.3. The Bertz CT molecular complexity index is 703. The fourth-order valence-electron chi connectivity index (χ4n) is 3.39. The standard InChI is InChI=1S/C13H13N3O2/c1-14-12(17)15-10-6-7-11(16(15)13(14)18)9-5-3-2-4-8(9)10/h2-5,10-11H,6-7H2,1H3. The molecular formula is C13H13N3O2. The van der Waals surface area contributed by atoms with E-state index in [1.165, 1.54) is 15.7 Å². The third-order valence-electron chi connectivity index (χ3n) is 4.22. The smallest absolute Gasteiger partial charge is 0.246 e. The van der Waals surface area contributed by atoms with Crippen molar-refractivity contribution < 1.29 is 0 Å². The van der Waals surface area contributed by atoms with Crippen LogP contribution in [0.4, 0.5) is 0 Å². The number of aromatic nitrogens is 3. The van der Waals surface area contributed by atoms with Gasteiger partial charge in [0, 0.05) is 7.05 Å². The third-order valence-corrected chi connectivity index (χ3v) is 4.22. The average molecular weight is 243 g/mol. The highest BCUT2D eigenvalue weighted by Gasteiger charge is 2.39. The van der Waals surface area contributed by atoms with Gasteiger partial charge < -0.3 is 0 Å². The summed E-state index contributed by atoms with van der Waals surface area (Å²) in [6.45, 7) is 0. The largest absolute Gasteiger partial charge is 0.347 e. The monoisotopic (exact) mass is 243 g/mol. The lowest BCUT2D eigenvalue weighted by molar-refractivity contribution is 0.238. The maximum Gasteiger partial charge on any atom is 0.347 e. The van der Waals surface area contributed by atoms with Gasteiger partial charge in [0.05, 0.1) is 12.1 Å². The van der Waals surface area contributed by atoms with E-state index in [0.29, 0.717) is 0 Å². The van der Waals surface area contributed by atoms with Crippen LogP contribution in [0, 0.1) is 0 Å². The Labute approximate surface area is 103 Å². The molecule has 3 aliphatic rings. The number of nitrogens with zero attached hydrogens (tertiary/aromatic N) is 3. The van der Waals surface area contributed by atoms with Crippen LogP contribution in [0.5, 0.6) is 0 Å². The van der Waals surface area contributed by atoms with E-state index in [2.05, 4.69) is 12.1 Å². The molecule has 2 aliphatic heterocycles. The van der Waals surface area contributed by atoms with Crippen molar-refractivity contribution in [2.45, 2.75) is 24.9 Å². The van der Waals surface area contributed by atoms with Gasteiger partial charge in [0.2, 0.25) is 0 Å². The van der Waals surface area contributed by atoms with Crippen molar-refractivity contribution in [2.24, 2.45) is 7.05 Å². The van der Waals surface area contributed by atoms with Crippen LogP contribution in [-0.4, -0.2) is 13.9 Å². The van der Waals surface area contributed by atoms with Gasteiger partial charge in [0.1, 0.15) is 0 Å². The summed E-state index contributed by atoms with van der Waals surface area (Å²) in [5.74, 6) is 0. The van der Waals surface area contributed by atoms with Gasteiger partial charge >= 0.3 is 11.4 Å². The Hall–Kier alpha value is -2.04. The number of benzene rings is 1. The molecule has 0 saturated heterocycles. The fraction of sp³-hybridized carbons (Fsp3) is 0.385. The predicted molar refractivity (Wildman–Crippen MR) is 65.9 cm³/mol. The van der Waals surface area contributed by atoms with E-state index in [0.717, 1.165) is 12.8 Å². The van der Waals surface area contributed by atoms with Crippen LogP contribution in [0.1, 0.15) is 36.1 Å². The minimum absolute atomic E-state index is 0.0209. The Morgan fingerprint density at radius 3 is 1.83 bits per heavy atom. The zero-order valence-corrected chi connectivity index (χ0v) is 10.0. The summed E-state index contributed by atoms with van der Waals surface area (Å²) in [6.07, 6.45) is 1.87. The highest BCUT2D eigenvalue weighted by molar-refractivity contribution is 5.37. The minimum Gasteiger partial charge on any atom is -0.246 e. The van der Waals surface area contributed by atoms with E-state index in [-0.39, 0.29) is 23.5 Å². The van der Waals surface area contributed by atoms with Crippen molar-refractivity contribution in [1.29, 1.82) is 0 Å². The molecule has 2 aromatic rings. The summed E-state index contributed by atoms with van der Waals surface area (Å²) < 4.78 is 4.48. The second-order valence-electron chi connectivity index (χ2n) is 5.05. The lowest BCUT2D eigenvalue weighted by Gasteiger charge is -2.39. The number of hydrogen-bond acceptors (Lipinski definition) is 2. The molecule has 1 aromatic carbocycles. The minimum atomic E-state index is -0.204. The van der Waals surface area contributed by atoms with Crippen molar-refractivity contribution in [1.82, 2.24) is 13.9 Å². The van der Waals surface area contributed by atoms with Crippen LogP contribution < -0.4 is 11.4 Å². The average Bonchev–Trinajstić information content (AvgIpc) is 2.66. The van der Waals surface area contributed by atoms with E-state index in [4.69, 9.17) is 0 Å². The molecule has 0 fully saturated rings. The first kappa shape index (κ1) is 9.94. The van der Waals surface area contributed by atoms with E-state index in [1.807, 2.05) is 12.1 Å². The normalized spacial score (nSPS) is 23.8. The van der Waals surface area contributed by atoms with Gasteiger partial charge in [0.25, 0.3) is 0 Å². The molecule has 5 rings (SSSR count). The topological polar surface area (TPSA) is 48.9 Å². The Morgan fingerprint density at radius 2 is 1.39 bits per heavy atom. The van der Waals surface area contributed by atoms with Crippen molar-refractivity contribution in [3.8, 4) is 0 Å². The molecule has 2 atom stereocenters. The predicted octanol–water partition coefficient (Wildman–Crippen LogP) is 0.634. The molecule has 0 saturated carbocycles. The van der Waals surface area contributed by atoms with Crippen molar-refractivity contribution >= 4 is 0 Å². The maximum absolute atomic E-state index is 12.1. The summed E-state index contributed by atoms with van der Waals surface area (Å²) in [5, 5.41) is 0. The van der Waals surface area contributed by atoms with Crippen LogP contribution in [-0.2, 0) is 7.05 Å². The Kier molecular flexibility index (Phi) is 1.68. The number of fused-ring (bicyclic) bond motifs is 1. The van der Waals surface area contributed by atoms with Gasteiger partial charge in [0.15, 0.2) is 0 Å². The summed E-state index contributed by atoms with van der Waals surface area (Å²) in [7, 11) is 1.55. The number of rotatable bonds is 0. The fourth-order valence-corrected chi connectivity index (χ4v) is 3.39. The van der Waals surface area contributed by atoms with Crippen molar-refractivity contribution in [3.63, 3.8) is 0 Å². The molecule has 18 heavy (non-hydrogen) atoms. The summed E-state index contributed by atoms with van der Waals surface area (Å²) >= 11 is 0. The van der Waals surface area contributed by atoms with Crippen LogP contribution in [0.2, 0.25) is 0 Å². The first-order valence-corrected chi connectivity index (χ1v) is 6.19. The SMILES string of the molecule is Cn1c(=O)n2n(c1=O)C1CCC2c2ccccc21. The van der Waals surface area contributed by atoms with Gasteiger partial charge in [-0.3, -0.25) is 0 Å². The van der Waals surface area contributed by atoms with Gasteiger partial charge in [-0.15, -0.1) is 0 Å². The molecule has 1 aliphatic carbocycles. The highest BCUT2D eigenvalue weighted by atomic mass is 16.2. The lowest BCUT2D eigenvalue weighted by atomic mass is 9.82. The molecule has 5 nitrogen and oxygen atoms in total. The van der Waals surface area contributed by atoms with Gasteiger partial charge in [-0.2, -0.15) is 0 Å². The molecule has 0 N–H and O–H groups in total. The summed E-state index contributed by atoms with van der Waals surface area (Å²) in [6, 6.07) is 8.17. The molecule has 1 aromatic heterocycles. The molecule has 92 valence electrons. The Balaban J connectivity index is 2.14. The van der Waals surface area contributed by atoms with E-state index >= 15 is 0 Å². The molecular weight excluding hydrogens is 230 g/mol. The molecule has 0 spiro atoms. The first-order valence-electron chi connectivity index (χ1n) is 6.19. The first-order chi connectivity index (χ1) is 8.70. The molecule has 0 radical (unpaired) electrons. The third kappa shape index (κ3) is 0.939. The van der Waals surface area contributed by atoms with E-state index in [1.54, 1.807) is 16.4 Å². The number of hydrogen-bond donors (Lipinski definition) is 0.